The van der Waals surface area contributed by atoms with E-state index in [0.29, 0.717) is 0 Å². The molecule has 0 nitrogen and oxygen atoms in total. The third-order valence-electron chi connectivity index (χ3n) is 8.67. The molecule has 2 heteroatoms. The summed E-state index contributed by atoms with van der Waals surface area (Å²) in [5, 5.41) is 9.68. The minimum atomic E-state index is -2.31. The first-order valence-electron chi connectivity index (χ1n) is 14.1. The van der Waals surface area contributed by atoms with Gasteiger partial charge in [-0.15, -0.1) is 68.3 Å². The summed E-state index contributed by atoms with van der Waals surface area (Å²) in [5.41, 5.74) is 7.77. The molecule has 0 atom stereocenters. The molecule has 0 unspecified atom stereocenters. The maximum absolute atomic E-state index is 2.53. The van der Waals surface area contributed by atoms with E-state index < -0.39 is 8.07 Å². The van der Waals surface area contributed by atoms with E-state index in [1.54, 1.807) is 0 Å². The van der Waals surface area contributed by atoms with E-state index in [-0.39, 0.29) is 40.7 Å². The average Bonchev–Trinajstić information content (AvgIpc) is 3.62. The van der Waals surface area contributed by atoms with E-state index in [2.05, 4.69) is 160 Å². The van der Waals surface area contributed by atoms with Gasteiger partial charge in [-0.1, -0.05) is 125 Å². The van der Waals surface area contributed by atoms with E-state index in [1.165, 1.54) is 70.5 Å². The Morgan fingerprint density at radius 3 is 1.37 bits per heavy atom. The molecule has 210 valence electrons. The van der Waals surface area contributed by atoms with Crippen LogP contribution >= 0.6 is 0 Å². The van der Waals surface area contributed by atoms with Gasteiger partial charge in [-0.05, 0) is 25.0 Å². The molecule has 0 radical (unpaired) electrons. The molecule has 0 aliphatic rings. The van der Waals surface area contributed by atoms with E-state index in [9.17, 15) is 0 Å². The van der Waals surface area contributed by atoms with Crippen molar-refractivity contribution in [3.8, 4) is 22.3 Å². The SMILES string of the molecule is Cc1cccc(-c2cccc3[cH-]c([Si](C)(c4ccccc4)c4cc5c(-c6cccc(C)c6)cccc5[cH-]4)cc23)c1.[CH3-].[CH3-].[Hf+4]. The summed E-state index contributed by atoms with van der Waals surface area (Å²) in [6.07, 6.45) is 0. The monoisotopic (exact) mass is 738 g/mol. The summed E-state index contributed by atoms with van der Waals surface area (Å²) in [7, 11) is -2.31. The van der Waals surface area contributed by atoms with Crippen molar-refractivity contribution in [2.24, 2.45) is 0 Å². The van der Waals surface area contributed by atoms with Gasteiger partial charge in [0.1, 0.15) is 8.07 Å². The van der Waals surface area contributed by atoms with Crippen LogP contribution in [0.5, 0.6) is 0 Å². The van der Waals surface area contributed by atoms with Crippen molar-refractivity contribution < 1.29 is 25.8 Å². The Balaban J connectivity index is 0.00000141. The van der Waals surface area contributed by atoms with Crippen molar-refractivity contribution in [2.45, 2.75) is 20.4 Å². The molecule has 0 bridgehead atoms. The van der Waals surface area contributed by atoms with Gasteiger partial charge in [0.15, 0.2) is 0 Å². The van der Waals surface area contributed by atoms with Gasteiger partial charge in [0, 0.05) is 0 Å². The standard InChI is InChI=1S/C39H32Si.2CH3.Hf/c1-27-11-7-13-29(21-27)36-19-9-15-31-23-34(25-38(31)36)40(3,33-17-5-4-6-18-33)35-24-32-16-10-20-37(39(32)26-35)30-14-8-12-28(2)22-30;;;/h4-26H,1-3H3;2*1H3;/q-2;2*-1;+4. The molecule has 0 fully saturated rings. The molecule has 0 spiro atoms. The van der Waals surface area contributed by atoms with Crippen LogP contribution < -0.4 is 15.6 Å². The van der Waals surface area contributed by atoms with Crippen molar-refractivity contribution in [3.05, 3.63) is 166 Å². The van der Waals surface area contributed by atoms with Gasteiger partial charge in [0.25, 0.3) is 0 Å². The normalized spacial score (nSPS) is 11.0. The van der Waals surface area contributed by atoms with Crippen LogP contribution in [-0.4, -0.2) is 8.07 Å². The predicted octanol–water partition coefficient (Wildman–Crippen LogP) is 9.38. The van der Waals surface area contributed by atoms with E-state index in [1.807, 2.05) is 0 Å². The molecule has 0 aliphatic heterocycles. The van der Waals surface area contributed by atoms with E-state index in [4.69, 9.17) is 0 Å². The molecule has 43 heavy (non-hydrogen) atoms. The predicted molar refractivity (Wildman–Crippen MR) is 189 cm³/mol. The van der Waals surface area contributed by atoms with Gasteiger partial charge in [-0.3, -0.25) is 0 Å². The smallest absolute Gasteiger partial charge is 0.358 e. The molecule has 0 N–H and O–H groups in total. The molecule has 0 saturated carbocycles. The number of hydrogen-bond acceptors (Lipinski definition) is 0. The van der Waals surface area contributed by atoms with Crippen LogP contribution in [0.3, 0.4) is 0 Å². The van der Waals surface area contributed by atoms with Crippen molar-refractivity contribution in [1.29, 1.82) is 0 Å². The molecule has 7 aromatic carbocycles. The summed E-state index contributed by atoms with van der Waals surface area (Å²) in [6, 6.07) is 52.3. The Morgan fingerprint density at radius 1 is 0.488 bits per heavy atom. The molecule has 0 amide bonds. The summed E-state index contributed by atoms with van der Waals surface area (Å²) in [4.78, 5) is 0. The van der Waals surface area contributed by atoms with Gasteiger partial charge in [-0.25, -0.2) is 0 Å². The van der Waals surface area contributed by atoms with Crippen LogP contribution in [-0.2, 0) is 25.8 Å². The second-order valence-electron chi connectivity index (χ2n) is 11.3. The van der Waals surface area contributed by atoms with E-state index in [0.717, 1.165) is 0 Å². The number of aryl methyl sites for hydroxylation is 2. The van der Waals surface area contributed by atoms with Crippen molar-refractivity contribution in [2.75, 3.05) is 0 Å². The van der Waals surface area contributed by atoms with Crippen molar-refractivity contribution in [3.63, 3.8) is 0 Å². The third kappa shape index (κ3) is 5.71. The molecule has 0 saturated heterocycles. The summed E-state index contributed by atoms with van der Waals surface area (Å²) in [5.74, 6) is 0. The zero-order chi connectivity index (χ0) is 27.3. The minimum Gasteiger partial charge on any atom is -0.358 e. The Labute approximate surface area is 277 Å². The maximum Gasteiger partial charge on any atom is 4.00 e. The molecule has 7 aromatic rings. The Hall–Kier alpha value is -3.59. The maximum atomic E-state index is 2.53. The number of rotatable bonds is 5. The van der Waals surface area contributed by atoms with Gasteiger partial charge in [-0.2, -0.15) is 12.1 Å². The summed E-state index contributed by atoms with van der Waals surface area (Å²) >= 11 is 0. The second kappa shape index (κ2) is 13.0. The molecule has 0 aromatic heterocycles. The van der Waals surface area contributed by atoms with E-state index >= 15 is 0 Å². The number of benzene rings is 5. The number of hydrogen-bond donors (Lipinski definition) is 0. The molecular formula is C41H38HfSi. The van der Waals surface area contributed by atoms with Crippen LogP contribution in [0.4, 0.5) is 0 Å². The third-order valence-corrected chi connectivity index (χ3v) is 13.0. The van der Waals surface area contributed by atoms with Crippen LogP contribution in [0.25, 0.3) is 43.8 Å². The summed E-state index contributed by atoms with van der Waals surface area (Å²) < 4.78 is 0. The average molecular weight is 737 g/mol. The molecule has 7 rings (SSSR count). The largest absolute Gasteiger partial charge is 4.00 e. The van der Waals surface area contributed by atoms with Crippen molar-refractivity contribution in [1.82, 2.24) is 0 Å². The molecule has 0 aliphatic carbocycles. The first-order chi connectivity index (χ1) is 19.5. The van der Waals surface area contributed by atoms with Crippen LogP contribution in [0, 0.1) is 28.7 Å². The van der Waals surface area contributed by atoms with Crippen LogP contribution in [0.2, 0.25) is 6.55 Å². The first-order valence-corrected chi connectivity index (χ1v) is 16.6. The summed E-state index contributed by atoms with van der Waals surface area (Å²) in [6.45, 7) is 6.87. The van der Waals surface area contributed by atoms with Crippen molar-refractivity contribution >= 4 is 45.2 Å². The Bertz CT molecular complexity index is 1870. The van der Waals surface area contributed by atoms with Gasteiger partial charge < -0.3 is 14.9 Å². The fourth-order valence-electron chi connectivity index (χ4n) is 6.45. The van der Waals surface area contributed by atoms with Crippen LogP contribution in [0.15, 0.2) is 140 Å². The van der Waals surface area contributed by atoms with Gasteiger partial charge in [0.2, 0.25) is 0 Å². The van der Waals surface area contributed by atoms with Crippen LogP contribution in [0.1, 0.15) is 11.1 Å². The number of fused-ring (bicyclic) bond motifs is 2. The first kappa shape index (κ1) is 32.3. The zero-order valence-electron chi connectivity index (χ0n) is 25.8. The zero-order valence-corrected chi connectivity index (χ0v) is 30.4. The Kier molecular flexibility index (Phi) is 9.74. The van der Waals surface area contributed by atoms with Gasteiger partial charge in [0.05, 0.1) is 0 Å². The quantitative estimate of drug-likeness (QED) is 0.122. The van der Waals surface area contributed by atoms with Gasteiger partial charge >= 0.3 is 25.8 Å². The molecule has 0 heterocycles. The topological polar surface area (TPSA) is 0 Å². The fourth-order valence-corrected chi connectivity index (χ4v) is 10.1. The fraction of sp³-hybridized carbons (Fsp3) is 0.0732. The minimum absolute atomic E-state index is 0. The molecular weight excluding hydrogens is 699 g/mol. The second-order valence-corrected chi connectivity index (χ2v) is 15.3. The Morgan fingerprint density at radius 2 is 0.930 bits per heavy atom.